The Morgan fingerprint density at radius 1 is 1.05 bits per heavy atom. The van der Waals surface area contributed by atoms with Gasteiger partial charge in [0, 0.05) is 18.0 Å². The summed E-state index contributed by atoms with van der Waals surface area (Å²) >= 11 is 0. The van der Waals surface area contributed by atoms with Crippen LogP contribution in [0, 0.1) is 5.82 Å². The molecule has 0 saturated heterocycles. The van der Waals surface area contributed by atoms with Crippen LogP contribution in [0.5, 0.6) is 0 Å². The fraction of sp³-hybridized carbons (Fsp3) is 0.154. The highest BCUT2D eigenvalue weighted by Crippen LogP contribution is 2.37. The van der Waals surface area contributed by atoms with Gasteiger partial charge in [0.1, 0.15) is 5.82 Å². The van der Waals surface area contributed by atoms with E-state index < -0.39 is 24.2 Å². The van der Waals surface area contributed by atoms with Gasteiger partial charge in [0.15, 0.2) is 0 Å². The van der Waals surface area contributed by atoms with Crippen LogP contribution in [0.3, 0.4) is 0 Å². The Morgan fingerprint density at radius 3 is 2.21 bits per heavy atom. The third-order valence-electron chi connectivity index (χ3n) is 2.67. The summed E-state index contributed by atoms with van der Waals surface area (Å²) in [6.07, 6.45) is -2.09. The Bertz CT molecular complexity index is 581. The SMILES string of the molecule is OCc1ccc(C(F)(F)F)c(F)c1-c1ccncc1. The summed E-state index contributed by atoms with van der Waals surface area (Å²) in [6, 6.07) is 4.47. The predicted octanol–water partition coefficient (Wildman–Crippen LogP) is 3.40. The molecule has 2 aromatic rings. The van der Waals surface area contributed by atoms with Gasteiger partial charge in [-0.05, 0) is 29.3 Å². The average Bonchev–Trinajstić information content (AvgIpc) is 2.37. The lowest BCUT2D eigenvalue weighted by Crippen LogP contribution is -2.10. The topological polar surface area (TPSA) is 33.1 Å². The minimum Gasteiger partial charge on any atom is -0.392 e. The van der Waals surface area contributed by atoms with E-state index in [-0.39, 0.29) is 16.7 Å². The molecule has 19 heavy (non-hydrogen) atoms. The molecule has 0 amide bonds. The van der Waals surface area contributed by atoms with Gasteiger partial charge in [0.2, 0.25) is 0 Å². The zero-order valence-corrected chi connectivity index (χ0v) is 9.58. The van der Waals surface area contributed by atoms with E-state index in [0.717, 1.165) is 6.07 Å². The minimum atomic E-state index is -4.78. The second-order valence-electron chi connectivity index (χ2n) is 3.85. The summed E-state index contributed by atoms with van der Waals surface area (Å²) in [5.41, 5.74) is -1.27. The molecule has 1 aromatic carbocycles. The van der Waals surface area contributed by atoms with E-state index in [1.165, 1.54) is 24.5 Å². The molecule has 2 nitrogen and oxygen atoms in total. The van der Waals surface area contributed by atoms with Gasteiger partial charge in [-0.15, -0.1) is 0 Å². The maximum absolute atomic E-state index is 14.1. The maximum atomic E-state index is 14.1. The Balaban J connectivity index is 2.71. The molecule has 0 saturated carbocycles. The van der Waals surface area contributed by atoms with Crippen molar-refractivity contribution in [1.82, 2.24) is 4.98 Å². The van der Waals surface area contributed by atoms with E-state index >= 15 is 0 Å². The highest BCUT2D eigenvalue weighted by atomic mass is 19.4. The first-order valence-corrected chi connectivity index (χ1v) is 5.35. The zero-order valence-electron chi connectivity index (χ0n) is 9.58. The number of aromatic nitrogens is 1. The molecule has 0 aliphatic heterocycles. The number of halogens is 4. The largest absolute Gasteiger partial charge is 0.419 e. The molecule has 100 valence electrons. The summed E-state index contributed by atoms with van der Waals surface area (Å²) in [5.74, 6) is -1.38. The van der Waals surface area contributed by atoms with E-state index in [2.05, 4.69) is 4.98 Å². The molecule has 0 unspecified atom stereocenters. The number of rotatable bonds is 2. The molecular weight excluding hydrogens is 262 g/mol. The zero-order chi connectivity index (χ0) is 14.0. The van der Waals surface area contributed by atoms with Crippen LogP contribution >= 0.6 is 0 Å². The smallest absolute Gasteiger partial charge is 0.392 e. The maximum Gasteiger partial charge on any atom is 0.419 e. The number of aliphatic hydroxyl groups is 1. The molecule has 0 spiro atoms. The lowest BCUT2D eigenvalue weighted by Gasteiger charge is -2.14. The number of aliphatic hydroxyl groups excluding tert-OH is 1. The van der Waals surface area contributed by atoms with Crippen molar-refractivity contribution >= 4 is 0 Å². The number of benzene rings is 1. The van der Waals surface area contributed by atoms with Crippen molar-refractivity contribution in [1.29, 1.82) is 0 Å². The van der Waals surface area contributed by atoms with E-state index in [4.69, 9.17) is 5.11 Å². The van der Waals surface area contributed by atoms with Gasteiger partial charge in [-0.2, -0.15) is 13.2 Å². The van der Waals surface area contributed by atoms with Crippen LogP contribution in [-0.2, 0) is 12.8 Å². The van der Waals surface area contributed by atoms with Crippen molar-refractivity contribution in [3.05, 3.63) is 53.6 Å². The lowest BCUT2D eigenvalue weighted by molar-refractivity contribution is -0.139. The van der Waals surface area contributed by atoms with Crippen molar-refractivity contribution in [2.24, 2.45) is 0 Å². The Hall–Kier alpha value is -1.95. The Labute approximate surface area is 106 Å². The first-order valence-electron chi connectivity index (χ1n) is 5.35. The molecule has 1 N–H and O–H groups in total. The quantitative estimate of drug-likeness (QED) is 0.849. The summed E-state index contributed by atoms with van der Waals surface area (Å²) in [6.45, 7) is -0.549. The molecule has 0 aliphatic carbocycles. The number of pyridine rings is 1. The molecule has 0 atom stereocenters. The van der Waals surface area contributed by atoms with E-state index in [1.54, 1.807) is 0 Å². The van der Waals surface area contributed by atoms with Crippen LogP contribution in [0.4, 0.5) is 17.6 Å². The van der Waals surface area contributed by atoms with Crippen molar-refractivity contribution in [3.63, 3.8) is 0 Å². The molecule has 0 radical (unpaired) electrons. The molecule has 6 heteroatoms. The van der Waals surface area contributed by atoms with Gasteiger partial charge in [-0.3, -0.25) is 4.98 Å². The van der Waals surface area contributed by atoms with Crippen LogP contribution in [0.15, 0.2) is 36.7 Å². The number of nitrogens with zero attached hydrogens (tertiary/aromatic N) is 1. The highest BCUT2D eigenvalue weighted by Gasteiger charge is 2.35. The second kappa shape index (κ2) is 4.97. The third kappa shape index (κ3) is 2.58. The summed E-state index contributed by atoms with van der Waals surface area (Å²) in [4.78, 5) is 3.72. The summed E-state index contributed by atoms with van der Waals surface area (Å²) < 4.78 is 52.0. The molecule has 2 rings (SSSR count). The van der Waals surface area contributed by atoms with E-state index in [0.29, 0.717) is 6.07 Å². The number of alkyl halides is 3. The van der Waals surface area contributed by atoms with Gasteiger partial charge in [-0.1, -0.05) is 6.07 Å². The summed E-state index contributed by atoms with van der Waals surface area (Å²) in [5, 5.41) is 9.13. The standard InChI is InChI=1S/C13H9F4NO/c14-12-10(13(15,16)17)2-1-9(7-19)11(12)8-3-5-18-6-4-8/h1-6,19H,7H2. The number of hydrogen-bond acceptors (Lipinski definition) is 2. The van der Waals surface area contributed by atoms with Crippen LogP contribution < -0.4 is 0 Å². The fourth-order valence-electron chi connectivity index (χ4n) is 1.80. The molecule has 0 aliphatic rings. The van der Waals surface area contributed by atoms with E-state index in [9.17, 15) is 17.6 Å². The van der Waals surface area contributed by atoms with Crippen LogP contribution in [-0.4, -0.2) is 10.1 Å². The van der Waals surface area contributed by atoms with Gasteiger partial charge < -0.3 is 5.11 Å². The first kappa shape index (κ1) is 13.5. The molecule has 1 aromatic heterocycles. The Kier molecular flexibility index (Phi) is 3.53. The van der Waals surface area contributed by atoms with Gasteiger partial charge in [0.25, 0.3) is 0 Å². The molecular formula is C13H9F4NO. The lowest BCUT2D eigenvalue weighted by atomic mass is 9.97. The molecule has 0 fully saturated rings. The molecule has 1 heterocycles. The minimum absolute atomic E-state index is 0.0942. The average molecular weight is 271 g/mol. The van der Waals surface area contributed by atoms with Gasteiger partial charge in [0.05, 0.1) is 12.2 Å². The monoisotopic (exact) mass is 271 g/mol. The van der Waals surface area contributed by atoms with Crippen molar-refractivity contribution in [2.45, 2.75) is 12.8 Å². The van der Waals surface area contributed by atoms with Crippen molar-refractivity contribution in [3.8, 4) is 11.1 Å². The second-order valence-corrected chi connectivity index (χ2v) is 3.85. The Morgan fingerprint density at radius 2 is 1.68 bits per heavy atom. The third-order valence-corrected chi connectivity index (χ3v) is 2.67. The van der Waals surface area contributed by atoms with Gasteiger partial charge >= 0.3 is 6.18 Å². The van der Waals surface area contributed by atoms with Gasteiger partial charge in [-0.25, -0.2) is 4.39 Å². The highest BCUT2D eigenvalue weighted by molar-refractivity contribution is 5.68. The fourth-order valence-corrected chi connectivity index (χ4v) is 1.80. The predicted molar refractivity (Wildman–Crippen MR) is 60.6 cm³/mol. The summed E-state index contributed by atoms with van der Waals surface area (Å²) in [7, 11) is 0. The van der Waals surface area contributed by atoms with E-state index in [1.807, 2.05) is 0 Å². The number of hydrogen-bond donors (Lipinski definition) is 1. The van der Waals surface area contributed by atoms with Crippen LogP contribution in [0.2, 0.25) is 0 Å². The normalized spacial score (nSPS) is 11.6. The van der Waals surface area contributed by atoms with Crippen molar-refractivity contribution < 1.29 is 22.7 Å². The van der Waals surface area contributed by atoms with Crippen LogP contribution in [0.25, 0.3) is 11.1 Å². The van der Waals surface area contributed by atoms with Crippen molar-refractivity contribution in [2.75, 3.05) is 0 Å². The molecule has 0 bridgehead atoms. The first-order chi connectivity index (χ1) is 8.95. The van der Waals surface area contributed by atoms with Crippen LogP contribution in [0.1, 0.15) is 11.1 Å².